The van der Waals surface area contributed by atoms with Crippen molar-refractivity contribution in [3.05, 3.63) is 55.3 Å². The van der Waals surface area contributed by atoms with Crippen molar-refractivity contribution in [3.63, 3.8) is 0 Å². The Morgan fingerprint density at radius 3 is 2.38 bits per heavy atom. The molecule has 0 bridgehead atoms. The second-order valence-electron chi connectivity index (χ2n) is 4.99. The molecule has 1 atom stereocenters. The van der Waals surface area contributed by atoms with Gasteiger partial charge >= 0.3 is 5.97 Å². The van der Waals surface area contributed by atoms with E-state index in [-0.39, 0.29) is 5.69 Å². The summed E-state index contributed by atoms with van der Waals surface area (Å²) in [5.41, 5.74) is 1.56. The number of nitriles is 1. The van der Waals surface area contributed by atoms with E-state index < -0.39 is 11.9 Å². The fraction of sp³-hybridized carbons (Fsp3) is 0.222. The van der Waals surface area contributed by atoms with E-state index in [0.29, 0.717) is 29.9 Å². The second kappa shape index (κ2) is 7.88. The Balaban J connectivity index is 2.71. The normalized spacial score (nSPS) is 11.3. The Labute approximate surface area is 140 Å². The van der Waals surface area contributed by atoms with E-state index in [2.05, 4.69) is 23.1 Å². The van der Waals surface area contributed by atoms with Crippen LogP contribution in [-0.4, -0.2) is 36.1 Å². The van der Waals surface area contributed by atoms with Crippen LogP contribution >= 0.6 is 0 Å². The van der Waals surface area contributed by atoms with Gasteiger partial charge in [0.25, 0.3) is 0 Å². The first kappa shape index (κ1) is 17.2. The number of rotatable bonds is 7. The molecular weight excluding hydrogens is 304 g/mol. The van der Waals surface area contributed by atoms with Gasteiger partial charge in [0.2, 0.25) is 0 Å². The zero-order valence-electron chi connectivity index (χ0n) is 13.5. The molecule has 1 heterocycles. The molecule has 1 aromatic carbocycles. The van der Waals surface area contributed by atoms with E-state index in [9.17, 15) is 10.1 Å². The molecular formula is C18H18N4O2. The quantitative estimate of drug-likeness (QED) is 0.576. The summed E-state index contributed by atoms with van der Waals surface area (Å²) in [4.78, 5) is 23.0. The highest BCUT2D eigenvalue weighted by molar-refractivity contribution is 5.85. The van der Waals surface area contributed by atoms with Crippen molar-refractivity contribution in [2.45, 2.75) is 5.92 Å². The molecule has 0 spiro atoms. The fourth-order valence-corrected chi connectivity index (χ4v) is 2.33. The molecule has 0 saturated heterocycles. The van der Waals surface area contributed by atoms with Crippen molar-refractivity contribution in [1.82, 2.24) is 9.97 Å². The molecule has 0 aliphatic rings. The number of hydrogen-bond donors (Lipinski definition) is 0. The van der Waals surface area contributed by atoms with Crippen LogP contribution in [0.25, 0.3) is 11.0 Å². The second-order valence-corrected chi connectivity index (χ2v) is 4.99. The molecule has 1 aromatic heterocycles. The first-order valence-corrected chi connectivity index (χ1v) is 7.37. The lowest BCUT2D eigenvalue weighted by Crippen LogP contribution is -2.28. The van der Waals surface area contributed by atoms with Crippen LogP contribution in [0.1, 0.15) is 11.6 Å². The maximum atomic E-state index is 12.0. The van der Waals surface area contributed by atoms with Gasteiger partial charge in [-0.15, -0.1) is 13.2 Å². The van der Waals surface area contributed by atoms with Crippen LogP contribution < -0.4 is 4.90 Å². The number of aromatic nitrogens is 2. The minimum absolute atomic E-state index is 0.270. The molecule has 0 N–H and O–H groups in total. The molecule has 0 unspecified atom stereocenters. The molecule has 2 aromatic rings. The van der Waals surface area contributed by atoms with Gasteiger partial charge in [0.15, 0.2) is 11.7 Å². The van der Waals surface area contributed by atoms with Crippen molar-refractivity contribution < 1.29 is 9.53 Å². The van der Waals surface area contributed by atoms with E-state index in [4.69, 9.17) is 4.74 Å². The summed E-state index contributed by atoms with van der Waals surface area (Å²) in [7, 11) is 1.24. The van der Waals surface area contributed by atoms with Gasteiger partial charge in [-0.25, -0.2) is 9.97 Å². The van der Waals surface area contributed by atoms with Gasteiger partial charge in [-0.2, -0.15) is 5.26 Å². The summed E-state index contributed by atoms with van der Waals surface area (Å²) < 4.78 is 4.74. The predicted molar refractivity (Wildman–Crippen MR) is 92.5 cm³/mol. The van der Waals surface area contributed by atoms with Gasteiger partial charge < -0.3 is 9.64 Å². The number of carbonyl (C=O) groups is 1. The van der Waals surface area contributed by atoms with Gasteiger partial charge in [-0.3, -0.25) is 4.79 Å². The molecule has 2 rings (SSSR count). The average Bonchev–Trinajstić information content (AvgIpc) is 2.61. The third-order valence-electron chi connectivity index (χ3n) is 3.42. The monoisotopic (exact) mass is 322 g/mol. The van der Waals surface area contributed by atoms with Gasteiger partial charge in [0.1, 0.15) is 5.69 Å². The molecule has 122 valence electrons. The third kappa shape index (κ3) is 3.41. The number of hydrogen-bond acceptors (Lipinski definition) is 6. The summed E-state index contributed by atoms with van der Waals surface area (Å²) >= 11 is 0. The van der Waals surface area contributed by atoms with Crippen molar-refractivity contribution in [2.24, 2.45) is 0 Å². The van der Waals surface area contributed by atoms with Crippen molar-refractivity contribution in [3.8, 4) is 6.07 Å². The SMILES string of the molecule is C=CCN(CC=C)c1nc2ccccc2nc1[C@H](C#N)C(=O)OC. The van der Waals surface area contributed by atoms with E-state index in [0.717, 1.165) is 0 Å². The minimum Gasteiger partial charge on any atom is -0.468 e. The standard InChI is InChI=1S/C18H18N4O2/c1-4-10-22(11-5-2)17-16(13(12-19)18(23)24-3)20-14-8-6-7-9-15(14)21-17/h4-9,13H,1-2,10-11H2,3H3/t13-/m0/s1. The Morgan fingerprint density at radius 2 is 1.88 bits per heavy atom. The Morgan fingerprint density at radius 1 is 1.29 bits per heavy atom. The van der Waals surface area contributed by atoms with Crippen LogP contribution in [0.3, 0.4) is 0 Å². The highest BCUT2D eigenvalue weighted by Crippen LogP contribution is 2.27. The number of anilines is 1. The largest absolute Gasteiger partial charge is 0.468 e. The van der Waals surface area contributed by atoms with E-state index in [1.54, 1.807) is 18.2 Å². The molecule has 24 heavy (non-hydrogen) atoms. The van der Waals surface area contributed by atoms with E-state index >= 15 is 0 Å². The average molecular weight is 322 g/mol. The number of para-hydroxylation sites is 2. The van der Waals surface area contributed by atoms with E-state index in [1.165, 1.54) is 7.11 Å². The molecule has 0 amide bonds. The van der Waals surface area contributed by atoms with Gasteiger partial charge in [0, 0.05) is 13.1 Å². The molecule has 0 aliphatic carbocycles. The van der Waals surface area contributed by atoms with Crippen LogP contribution in [0.5, 0.6) is 0 Å². The summed E-state index contributed by atoms with van der Waals surface area (Å²) in [6, 6.07) is 9.25. The van der Waals surface area contributed by atoms with Crippen molar-refractivity contribution >= 4 is 22.8 Å². The zero-order valence-corrected chi connectivity index (χ0v) is 13.5. The highest BCUT2D eigenvalue weighted by atomic mass is 16.5. The molecule has 0 saturated carbocycles. The first-order valence-electron chi connectivity index (χ1n) is 7.37. The topological polar surface area (TPSA) is 79.1 Å². The minimum atomic E-state index is -1.15. The maximum Gasteiger partial charge on any atom is 0.329 e. The molecule has 6 heteroatoms. The number of esters is 1. The lowest BCUT2D eigenvalue weighted by Gasteiger charge is -2.24. The summed E-state index contributed by atoms with van der Waals surface area (Å²) in [5, 5.41) is 9.44. The van der Waals surface area contributed by atoms with Gasteiger partial charge in [-0.05, 0) is 12.1 Å². The molecule has 0 radical (unpaired) electrons. The van der Waals surface area contributed by atoms with Crippen molar-refractivity contribution in [2.75, 3.05) is 25.1 Å². The number of ether oxygens (including phenoxy) is 1. The smallest absolute Gasteiger partial charge is 0.329 e. The van der Waals surface area contributed by atoms with Gasteiger partial charge in [0.05, 0.1) is 24.2 Å². The Kier molecular flexibility index (Phi) is 5.63. The highest BCUT2D eigenvalue weighted by Gasteiger charge is 2.29. The van der Waals surface area contributed by atoms with Crippen molar-refractivity contribution in [1.29, 1.82) is 5.26 Å². The molecule has 6 nitrogen and oxygen atoms in total. The van der Waals surface area contributed by atoms with Crippen LogP contribution in [0.4, 0.5) is 5.82 Å². The fourth-order valence-electron chi connectivity index (χ4n) is 2.33. The lowest BCUT2D eigenvalue weighted by molar-refractivity contribution is -0.141. The zero-order chi connectivity index (χ0) is 17.5. The van der Waals surface area contributed by atoms with Crippen LogP contribution in [0.2, 0.25) is 0 Å². The first-order chi connectivity index (χ1) is 11.7. The van der Waals surface area contributed by atoms with Crippen LogP contribution in [0.15, 0.2) is 49.6 Å². The Bertz CT molecular complexity index is 800. The van der Waals surface area contributed by atoms with E-state index in [1.807, 2.05) is 29.2 Å². The lowest BCUT2D eigenvalue weighted by atomic mass is 10.1. The maximum absolute atomic E-state index is 12.0. The van der Waals surface area contributed by atoms with Crippen LogP contribution in [0, 0.1) is 11.3 Å². The molecule has 0 fully saturated rings. The predicted octanol–water partition coefficient (Wildman–Crippen LogP) is 2.59. The van der Waals surface area contributed by atoms with Gasteiger partial charge in [-0.1, -0.05) is 24.3 Å². The number of benzene rings is 1. The Hall–Kier alpha value is -3.20. The van der Waals surface area contributed by atoms with Crippen LogP contribution in [-0.2, 0) is 9.53 Å². The third-order valence-corrected chi connectivity index (χ3v) is 3.42. The number of nitrogens with zero attached hydrogens (tertiary/aromatic N) is 4. The summed E-state index contributed by atoms with van der Waals surface area (Å²) in [5.74, 6) is -1.37. The number of carbonyl (C=O) groups excluding carboxylic acids is 1. The number of fused-ring (bicyclic) bond motifs is 1. The molecule has 0 aliphatic heterocycles. The summed E-state index contributed by atoms with van der Waals surface area (Å²) in [6.07, 6.45) is 3.42. The number of methoxy groups -OCH3 is 1. The summed E-state index contributed by atoms with van der Waals surface area (Å²) in [6.45, 7) is 8.43.